The Morgan fingerprint density at radius 3 is 1.70 bits per heavy atom. The van der Waals surface area contributed by atoms with Gasteiger partial charge in [-0.1, -0.05) is 90.4 Å². The van der Waals surface area contributed by atoms with Gasteiger partial charge in [0.25, 0.3) is 10.1 Å². The molecule has 7 nitrogen and oxygen atoms in total. The van der Waals surface area contributed by atoms with E-state index >= 15 is 0 Å². The molecule has 1 rings (SSSR count). The summed E-state index contributed by atoms with van der Waals surface area (Å²) in [4.78, 5) is 20.0. The van der Waals surface area contributed by atoms with Gasteiger partial charge in [-0.2, -0.15) is 44.3 Å². The smallest absolute Gasteiger partial charge is 0.481 e. The Kier molecular flexibility index (Phi) is 22.4. The Labute approximate surface area is 221 Å². The maximum Gasteiger partial charge on any atom is 1.00 e. The van der Waals surface area contributed by atoms with Gasteiger partial charge in [-0.3, -0.25) is 14.1 Å². The van der Waals surface area contributed by atoms with Crippen LogP contribution < -0.4 is 29.6 Å². The van der Waals surface area contributed by atoms with Gasteiger partial charge in [-0.15, -0.1) is 0 Å². The third-order valence-electron chi connectivity index (χ3n) is 5.07. The molecule has 0 saturated heterocycles. The summed E-state index contributed by atoms with van der Waals surface area (Å²) in [6.45, 7) is 2.29. The van der Waals surface area contributed by atoms with Gasteiger partial charge in [0.15, 0.2) is 5.25 Å². The Hall–Kier alpha value is -0.930. The van der Waals surface area contributed by atoms with Gasteiger partial charge in [0, 0.05) is 0 Å². The largest absolute Gasteiger partial charge is 1.00 e. The molecule has 0 aliphatic carbocycles. The van der Waals surface area contributed by atoms with Crippen LogP contribution in [-0.2, 0) is 26.1 Å². The molecule has 0 heterocycles. The summed E-state index contributed by atoms with van der Waals surface area (Å²) in [5.41, 5.74) is 1.37. The topological polar surface area (TPSA) is 129 Å². The van der Waals surface area contributed by atoms with E-state index in [1.54, 1.807) is 0 Å². The number of hydrogen-bond acceptors (Lipinski definition) is 4. The second-order valence-electron chi connectivity index (χ2n) is 7.97. The Bertz CT molecular complexity index is 724. The summed E-state index contributed by atoms with van der Waals surface area (Å²) in [7, 11) is -4.84. The van der Waals surface area contributed by atoms with Crippen molar-refractivity contribution in [2.75, 3.05) is 0 Å². The third kappa shape index (κ3) is 21.3. The number of rotatable bonds is 17. The third-order valence-corrected chi connectivity index (χ3v) is 6.16. The predicted molar refractivity (Wildman–Crippen MR) is 125 cm³/mol. The van der Waals surface area contributed by atoms with Crippen molar-refractivity contribution in [1.29, 1.82) is 0 Å². The van der Waals surface area contributed by atoms with Crippen molar-refractivity contribution in [3.8, 4) is 0 Å². The van der Waals surface area contributed by atoms with Gasteiger partial charge in [0.1, 0.15) is 0 Å². The molecule has 1 aromatic carbocycles. The Morgan fingerprint density at radius 2 is 1.36 bits per heavy atom. The predicted octanol–water partition coefficient (Wildman–Crippen LogP) is 2.54. The van der Waals surface area contributed by atoms with E-state index in [2.05, 4.69) is 25.1 Å². The number of carboxylic acids is 2. The maximum atomic E-state index is 10.2. The number of aliphatic carboxylic acids is 2. The number of hydrogen-bond donors (Lipinski definition) is 3. The van der Waals surface area contributed by atoms with Crippen molar-refractivity contribution in [1.82, 2.24) is 0 Å². The second-order valence-corrected chi connectivity index (χ2v) is 9.57. The first-order valence-corrected chi connectivity index (χ1v) is 13.0. The van der Waals surface area contributed by atoms with Crippen molar-refractivity contribution in [3.63, 3.8) is 0 Å². The molecule has 0 aromatic heterocycles. The summed E-state index contributed by atoms with van der Waals surface area (Å²) in [5, 5.41) is 13.9. The van der Waals surface area contributed by atoms with Crippen molar-refractivity contribution in [3.05, 3.63) is 35.9 Å². The summed E-state index contributed by atoms with van der Waals surface area (Å²) in [6, 6.07) is 11.7. The molecular formula is C24H39NaO7S. The SMILES string of the molecule is CCCCCCCCCCCCCCc1[c-]cccc1.O=C(O)CC(C(=O)O)S(=O)(=O)O.[Na+]. The van der Waals surface area contributed by atoms with Crippen LogP contribution in [0.1, 0.15) is 96.0 Å². The molecule has 0 radical (unpaired) electrons. The minimum Gasteiger partial charge on any atom is -0.481 e. The van der Waals surface area contributed by atoms with E-state index in [0.717, 1.165) is 0 Å². The fourth-order valence-electron chi connectivity index (χ4n) is 3.22. The van der Waals surface area contributed by atoms with Crippen LogP contribution in [-0.4, -0.2) is 40.4 Å². The molecular weight excluding hydrogens is 455 g/mol. The van der Waals surface area contributed by atoms with Crippen LogP contribution in [0.25, 0.3) is 0 Å². The second kappa shape index (κ2) is 21.6. The van der Waals surface area contributed by atoms with Gasteiger partial charge in [-0.05, 0) is 0 Å². The van der Waals surface area contributed by atoms with Crippen molar-refractivity contribution in [2.45, 2.75) is 102 Å². The first kappa shape index (κ1) is 34.2. The fraction of sp³-hybridized carbons (Fsp3) is 0.667. The van der Waals surface area contributed by atoms with Crippen LogP contribution >= 0.6 is 0 Å². The Balaban J connectivity index is 0. The summed E-state index contributed by atoms with van der Waals surface area (Å²) < 4.78 is 28.7. The zero-order valence-corrected chi connectivity index (χ0v) is 23.0. The van der Waals surface area contributed by atoms with E-state index in [4.69, 9.17) is 14.8 Å². The van der Waals surface area contributed by atoms with Gasteiger partial charge >= 0.3 is 41.5 Å². The molecule has 9 heteroatoms. The fourth-order valence-corrected chi connectivity index (χ4v) is 3.83. The molecule has 0 aliphatic heterocycles. The quantitative estimate of drug-likeness (QED) is 0.131. The molecule has 0 spiro atoms. The van der Waals surface area contributed by atoms with Gasteiger partial charge in [-0.25, -0.2) is 0 Å². The molecule has 3 N–H and O–H groups in total. The van der Waals surface area contributed by atoms with Crippen LogP contribution in [0.2, 0.25) is 0 Å². The minimum absolute atomic E-state index is 0. The van der Waals surface area contributed by atoms with E-state index in [1.165, 1.54) is 89.0 Å². The molecule has 1 unspecified atom stereocenters. The van der Waals surface area contributed by atoms with Crippen LogP contribution in [0.4, 0.5) is 0 Å². The van der Waals surface area contributed by atoms with Crippen LogP contribution in [0.5, 0.6) is 0 Å². The Morgan fingerprint density at radius 1 is 0.879 bits per heavy atom. The normalized spacial score (nSPS) is 11.6. The zero-order valence-electron chi connectivity index (χ0n) is 20.2. The van der Waals surface area contributed by atoms with E-state index in [-0.39, 0.29) is 29.6 Å². The standard InChI is InChI=1S/C20H33.C4H6O7S.Na/c1-2-3-4-5-6-7-8-9-10-11-12-14-17-20-18-15-13-16-19-20;5-3(6)1-2(4(7)8)12(9,10)11;/h13,15-16,18H,2-12,14,17H2,1H3;2H,1H2,(H,5,6)(H,7,8)(H,9,10,11);/q-1;;+1. The summed E-state index contributed by atoms with van der Waals surface area (Å²) in [5.74, 6) is -3.50. The number of aryl methyl sites for hydroxylation is 1. The van der Waals surface area contributed by atoms with E-state index < -0.39 is 33.7 Å². The molecule has 0 amide bonds. The van der Waals surface area contributed by atoms with E-state index in [1.807, 2.05) is 12.1 Å². The van der Waals surface area contributed by atoms with Crippen LogP contribution in [0, 0.1) is 6.07 Å². The first-order valence-electron chi connectivity index (χ1n) is 11.5. The molecule has 1 aromatic rings. The van der Waals surface area contributed by atoms with E-state index in [9.17, 15) is 18.0 Å². The number of carbonyl (C=O) groups is 2. The van der Waals surface area contributed by atoms with Crippen LogP contribution in [0.15, 0.2) is 24.3 Å². The van der Waals surface area contributed by atoms with Gasteiger partial charge in [0.05, 0.1) is 6.42 Å². The molecule has 33 heavy (non-hydrogen) atoms. The molecule has 0 bridgehead atoms. The first-order chi connectivity index (χ1) is 15.2. The zero-order chi connectivity index (χ0) is 24.2. The van der Waals surface area contributed by atoms with Crippen molar-refractivity contribution >= 4 is 22.1 Å². The van der Waals surface area contributed by atoms with E-state index in [0.29, 0.717) is 0 Å². The molecule has 184 valence electrons. The number of benzene rings is 1. The maximum absolute atomic E-state index is 10.2. The summed E-state index contributed by atoms with van der Waals surface area (Å²) >= 11 is 0. The monoisotopic (exact) mass is 494 g/mol. The minimum atomic E-state index is -4.84. The number of carboxylic acid groups (broad SMARTS) is 2. The molecule has 1 atom stereocenters. The van der Waals surface area contributed by atoms with Gasteiger partial charge in [0.2, 0.25) is 0 Å². The van der Waals surface area contributed by atoms with Crippen molar-refractivity contribution < 1.29 is 62.3 Å². The van der Waals surface area contributed by atoms with Gasteiger partial charge < -0.3 is 10.2 Å². The molecule has 0 fully saturated rings. The van der Waals surface area contributed by atoms with Crippen LogP contribution in [0.3, 0.4) is 0 Å². The average Bonchev–Trinajstić information content (AvgIpc) is 2.73. The van der Waals surface area contributed by atoms with Crippen molar-refractivity contribution in [2.24, 2.45) is 0 Å². The average molecular weight is 495 g/mol. The molecule has 0 saturated carbocycles. The summed E-state index contributed by atoms with van der Waals surface area (Å²) in [6.07, 6.45) is 17.2. The molecule has 0 aliphatic rings. The number of unbranched alkanes of at least 4 members (excludes halogenated alkanes) is 11.